The summed E-state index contributed by atoms with van der Waals surface area (Å²) < 4.78 is 24.1. The van der Waals surface area contributed by atoms with Gasteiger partial charge in [-0.1, -0.05) is 120 Å². The fourth-order valence-electron chi connectivity index (χ4n) is 13.6. The molecule has 0 spiro atoms. The smallest absolute Gasteiger partial charge is 0.326 e. The van der Waals surface area contributed by atoms with E-state index in [4.69, 9.17) is 29.2 Å². The van der Waals surface area contributed by atoms with Crippen molar-refractivity contribution in [2.24, 2.45) is 53.3 Å². The van der Waals surface area contributed by atoms with Gasteiger partial charge in [-0.15, -0.1) is 0 Å². The number of hydrogen-bond donors (Lipinski definition) is 0. The second kappa shape index (κ2) is 28.6. The minimum Gasteiger partial charge on any atom is -0.461 e. The Bertz CT molecular complexity index is 3180. The van der Waals surface area contributed by atoms with E-state index in [2.05, 4.69) is 156 Å². The van der Waals surface area contributed by atoms with E-state index in [1.807, 2.05) is 52.1 Å². The van der Waals surface area contributed by atoms with Gasteiger partial charge < -0.3 is 32.8 Å². The summed E-state index contributed by atoms with van der Waals surface area (Å²) in [5, 5.41) is 0. The lowest BCUT2D eigenvalue weighted by molar-refractivity contribution is -0.157. The van der Waals surface area contributed by atoms with Crippen molar-refractivity contribution in [1.29, 1.82) is 0 Å². The Balaban J connectivity index is 0.000000166. The van der Waals surface area contributed by atoms with E-state index < -0.39 is 0 Å². The number of aromatic nitrogens is 6. The molecule has 3 unspecified atom stereocenters. The van der Waals surface area contributed by atoms with E-state index in [0.717, 1.165) is 113 Å². The maximum absolute atomic E-state index is 13.1. The molecule has 3 aliphatic carbocycles. The normalized spacial score (nSPS) is 22.6. The van der Waals surface area contributed by atoms with E-state index in [-0.39, 0.29) is 55.9 Å². The Morgan fingerprint density at radius 1 is 0.500 bits per heavy atom. The van der Waals surface area contributed by atoms with Crippen LogP contribution in [0, 0.1) is 67.1 Å². The molecule has 84 heavy (non-hydrogen) atoms. The largest absolute Gasteiger partial charge is 0.461 e. The number of esters is 3. The maximum atomic E-state index is 13.1. The molecular formula is C71H99N7O6. The molecule has 13 heteroatoms. The molecule has 3 aromatic heterocycles. The standard InChI is InChI=1S/C27H35N3O2.2C22H32N2O2/c1-18(2)22-15-10-19(3)16-25(22)32-26(31)17-30-24-9-7-6-8-23(24)28-27(30)20-11-13-21(14-12-20)29(4)5;2*1-6-21-23-18-11-15(4)8-10-19(18)24(21)13-22(25)26-20-12-16(5)7-9-17(20)14(2)3/h6-9,11-14,18-19,22,25H,10,15-17H2,1-5H3;2*8,10-11,14,16-17,20H,6-7,9,12-13H2,1-5H3/t19-,22+,25?;2*16-,17+,20?/m111/s1. The van der Waals surface area contributed by atoms with Crippen LogP contribution in [0.15, 0.2) is 84.9 Å². The maximum Gasteiger partial charge on any atom is 0.326 e. The van der Waals surface area contributed by atoms with Crippen LogP contribution in [0.3, 0.4) is 0 Å². The molecule has 3 fully saturated rings. The third-order valence-corrected chi connectivity index (χ3v) is 18.5. The number of nitrogens with zero attached hydrogens (tertiary/aromatic N) is 7. The van der Waals surface area contributed by atoms with Crippen molar-refractivity contribution in [3.05, 3.63) is 108 Å². The predicted molar refractivity (Wildman–Crippen MR) is 341 cm³/mol. The molecule has 3 aliphatic rings. The molecular weight excluding hydrogens is 1050 g/mol. The van der Waals surface area contributed by atoms with E-state index in [1.54, 1.807) is 0 Å². The average Bonchev–Trinajstić information content (AvgIpc) is 4.24. The zero-order valence-corrected chi connectivity index (χ0v) is 53.5. The Morgan fingerprint density at radius 2 is 0.881 bits per heavy atom. The van der Waals surface area contributed by atoms with Crippen molar-refractivity contribution < 1.29 is 28.6 Å². The van der Waals surface area contributed by atoms with Crippen LogP contribution >= 0.6 is 0 Å². The van der Waals surface area contributed by atoms with Gasteiger partial charge in [-0.25, -0.2) is 15.0 Å². The number of aryl methyl sites for hydroxylation is 4. The summed E-state index contributed by atoms with van der Waals surface area (Å²) in [5.41, 5.74) is 10.3. The highest BCUT2D eigenvalue weighted by molar-refractivity contribution is 5.84. The molecule has 4 aromatic carbocycles. The fourth-order valence-corrected chi connectivity index (χ4v) is 13.6. The topological polar surface area (TPSA) is 136 Å². The van der Waals surface area contributed by atoms with E-state index in [1.165, 1.54) is 30.4 Å². The van der Waals surface area contributed by atoms with Crippen LogP contribution in [0.2, 0.25) is 0 Å². The quantitative estimate of drug-likeness (QED) is 0.0679. The molecule has 3 saturated carbocycles. The molecule has 0 bridgehead atoms. The lowest BCUT2D eigenvalue weighted by Gasteiger charge is -2.36. The summed E-state index contributed by atoms with van der Waals surface area (Å²) >= 11 is 0. The lowest BCUT2D eigenvalue weighted by atomic mass is 9.75. The van der Waals surface area contributed by atoms with Crippen LogP contribution in [-0.2, 0) is 61.1 Å². The minimum absolute atomic E-state index is 0.00357. The number of carbonyl (C=O) groups excluding carboxylic acids is 3. The number of hydrogen-bond acceptors (Lipinski definition) is 10. The van der Waals surface area contributed by atoms with Crippen molar-refractivity contribution in [1.82, 2.24) is 28.7 Å². The first-order valence-electron chi connectivity index (χ1n) is 31.8. The second-order valence-electron chi connectivity index (χ2n) is 26.4. The summed E-state index contributed by atoms with van der Waals surface area (Å²) in [6, 6.07) is 28.7. The Morgan fingerprint density at radius 3 is 1.26 bits per heavy atom. The monoisotopic (exact) mass is 1150 g/mol. The molecule has 10 rings (SSSR count). The van der Waals surface area contributed by atoms with Crippen molar-refractivity contribution >= 4 is 56.7 Å². The Labute approximate surface area is 501 Å². The molecule has 0 N–H and O–H groups in total. The number of anilines is 1. The number of rotatable bonds is 16. The van der Waals surface area contributed by atoms with E-state index in [9.17, 15) is 14.4 Å². The van der Waals surface area contributed by atoms with Gasteiger partial charge in [-0.05, 0) is 177 Å². The van der Waals surface area contributed by atoms with Gasteiger partial charge in [0.05, 0.1) is 33.1 Å². The van der Waals surface area contributed by atoms with Gasteiger partial charge in [0.2, 0.25) is 0 Å². The third-order valence-electron chi connectivity index (χ3n) is 18.5. The zero-order chi connectivity index (χ0) is 60.5. The molecule has 0 amide bonds. The van der Waals surface area contributed by atoms with Crippen molar-refractivity contribution in [3.63, 3.8) is 0 Å². The summed E-state index contributed by atoms with van der Waals surface area (Å²) in [5.74, 6) is 7.09. The van der Waals surface area contributed by atoms with Crippen LogP contribution in [-0.4, -0.2) is 79.0 Å². The third kappa shape index (κ3) is 15.7. The first kappa shape index (κ1) is 63.5. The van der Waals surface area contributed by atoms with Gasteiger partial charge in [-0.2, -0.15) is 0 Å². The molecule has 454 valence electrons. The highest BCUT2D eigenvalue weighted by atomic mass is 16.6. The van der Waals surface area contributed by atoms with Gasteiger partial charge in [0.15, 0.2) is 0 Å². The number of ether oxygens (including phenoxy) is 3. The van der Waals surface area contributed by atoms with Gasteiger partial charge in [0, 0.05) is 38.2 Å². The van der Waals surface area contributed by atoms with Gasteiger partial charge in [0.1, 0.15) is 55.4 Å². The lowest BCUT2D eigenvalue weighted by Crippen LogP contribution is -2.36. The van der Waals surface area contributed by atoms with E-state index in [0.29, 0.717) is 53.3 Å². The number of fused-ring (bicyclic) bond motifs is 3. The van der Waals surface area contributed by atoms with Gasteiger partial charge in [-0.3, -0.25) is 14.4 Å². The molecule has 13 nitrogen and oxygen atoms in total. The number of para-hydroxylation sites is 2. The van der Waals surface area contributed by atoms with Gasteiger partial charge >= 0.3 is 17.9 Å². The van der Waals surface area contributed by atoms with Crippen molar-refractivity contribution in [2.45, 2.75) is 199 Å². The summed E-state index contributed by atoms with van der Waals surface area (Å²) in [6.45, 7) is 29.2. The number of carbonyl (C=O) groups is 3. The van der Waals surface area contributed by atoms with Crippen molar-refractivity contribution in [2.75, 3.05) is 19.0 Å². The summed E-state index contributed by atoms with van der Waals surface area (Å²) in [6.07, 6.45) is 11.8. The highest BCUT2D eigenvalue weighted by Gasteiger charge is 2.36. The Kier molecular flexibility index (Phi) is 21.6. The van der Waals surface area contributed by atoms with Gasteiger partial charge in [0.25, 0.3) is 0 Å². The van der Waals surface area contributed by atoms with Crippen LogP contribution in [0.1, 0.15) is 157 Å². The molecule has 9 atom stereocenters. The SMILES string of the molecule is CC(C)[C@@H]1CC[C@@H](C)CC1OC(=O)Cn1c(-c2ccc(N(C)C)cc2)nc2ccccc21.CCc1nc2cc(C)ccc2n1CC(=O)OC1C[C@H](C)CC[C@H]1C(C)C.CCc1nc2cc(C)ccc2n1CC(=O)OC1C[C@H](C)CC[C@H]1C(C)C. The van der Waals surface area contributed by atoms with Crippen LogP contribution in [0.4, 0.5) is 5.69 Å². The van der Waals surface area contributed by atoms with E-state index >= 15 is 0 Å². The summed E-state index contributed by atoms with van der Waals surface area (Å²) in [4.78, 5) is 55.0. The molecule has 3 heterocycles. The predicted octanol–water partition coefficient (Wildman–Crippen LogP) is 15.6. The minimum atomic E-state index is -0.177. The first-order chi connectivity index (χ1) is 40.1. The van der Waals surface area contributed by atoms with Crippen molar-refractivity contribution in [3.8, 4) is 11.4 Å². The first-order valence-corrected chi connectivity index (χ1v) is 31.8. The molecule has 7 aromatic rings. The highest BCUT2D eigenvalue weighted by Crippen LogP contribution is 2.39. The molecule has 0 aliphatic heterocycles. The zero-order valence-electron chi connectivity index (χ0n) is 53.5. The van der Waals surface area contributed by atoms with Crippen LogP contribution < -0.4 is 4.90 Å². The summed E-state index contributed by atoms with van der Waals surface area (Å²) in [7, 11) is 4.05. The fraction of sp³-hybridized carbons (Fsp3) is 0.577. The van der Waals surface area contributed by atoms with Crippen LogP contribution in [0.25, 0.3) is 44.5 Å². The number of imidazole rings is 3. The average molecular weight is 1150 g/mol. The molecule has 0 saturated heterocycles. The molecule has 0 radical (unpaired) electrons. The Hall–Kier alpha value is -6.50. The van der Waals surface area contributed by atoms with Crippen LogP contribution in [0.5, 0.6) is 0 Å². The number of benzene rings is 4. The second-order valence-corrected chi connectivity index (χ2v) is 26.4.